The Balaban J connectivity index is 1.57. The first kappa shape index (κ1) is 21.3. The number of sulfonamides is 1. The molecular formula is C20H22BrClN2O3S. The van der Waals surface area contributed by atoms with Gasteiger partial charge in [0, 0.05) is 29.1 Å². The molecule has 0 spiro atoms. The second-order valence-electron chi connectivity index (χ2n) is 6.83. The van der Waals surface area contributed by atoms with E-state index in [9.17, 15) is 13.2 Å². The van der Waals surface area contributed by atoms with Crippen LogP contribution in [-0.2, 0) is 21.2 Å². The molecule has 1 amide bonds. The maximum atomic E-state index is 12.9. The van der Waals surface area contributed by atoms with Crippen LogP contribution in [0, 0.1) is 5.92 Å². The van der Waals surface area contributed by atoms with Crippen LogP contribution in [-0.4, -0.2) is 38.3 Å². The number of carbonyl (C=O) groups excluding carboxylic acids is 1. The van der Waals surface area contributed by atoms with Gasteiger partial charge >= 0.3 is 0 Å². The van der Waals surface area contributed by atoms with E-state index in [-0.39, 0.29) is 23.3 Å². The lowest BCUT2D eigenvalue weighted by atomic mass is 9.99. The van der Waals surface area contributed by atoms with Gasteiger partial charge in [-0.2, -0.15) is 4.31 Å². The third-order valence-corrected chi connectivity index (χ3v) is 7.45. The van der Waals surface area contributed by atoms with Crippen LogP contribution in [0.1, 0.15) is 18.4 Å². The molecule has 1 aliphatic rings. The van der Waals surface area contributed by atoms with Gasteiger partial charge in [-0.1, -0.05) is 39.7 Å². The number of nitrogens with zero attached hydrogens (tertiary/aromatic N) is 1. The number of amides is 1. The summed E-state index contributed by atoms with van der Waals surface area (Å²) in [6, 6.07) is 14.1. The van der Waals surface area contributed by atoms with Crippen molar-refractivity contribution in [3.05, 3.63) is 63.6 Å². The van der Waals surface area contributed by atoms with Crippen LogP contribution in [0.2, 0.25) is 5.02 Å². The highest BCUT2D eigenvalue weighted by atomic mass is 79.9. The average molecular weight is 486 g/mol. The van der Waals surface area contributed by atoms with Crippen molar-refractivity contribution < 1.29 is 13.2 Å². The molecule has 0 aliphatic carbocycles. The lowest BCUT2D eigenvalue weighted by molar-refractivity contribution is -0.126. The van der Waals surface area contributed by atoms with Crippen LogP contribution in [0.15, 0.2) is 57.9 Å². The maximum Gasteiger partial charge on any atom is 0.243 e. The van der Waals surface area contributed by atoms with Crippen molar-refractivity contribution >= 4 is 43.5 Å². The van der Waals surface area contributed by atoms with Gasteiger partial charge in [0.1, 0.15) is 0 Å². The molecule has 1 saturated heterocycles. The van der Waals surface area contributed by atoms with E-state index in [1.165, 1.54) is 4.31 Å². The molecule has 1 heterocycles. The SMILES string of the molecule is O=C(NCCc1cccc(Cl)c1)C1CCCN(S(=O)(=O)c2ccc(Br)cc2)C1. The van der Waals surface area contributed by atoms with Crippen LogP contribution >= 0.6 is 27.5 Å². The van der Waals surface area contributed by atoms with Gasteiger partial charge in [0.2, 0.25) is 15.9 Å². The first-order chi connectivity index (χ1) is 13.4. The third kappa shape index (κ3) is 5.35. The molecule has 0 aromatic heterocycles. The summed E-state index contributed by atoms with van der Waals surface area (Å²) in [5.74, 6) is -0.434. The highest BCUT2D eigenvalue weighted by molar-refractivity contribution is 9.10. The van der Waals surface area contributed by atoms with Crippen molar-refractivity contribution in [3.63, 3.8) is 0 Å². The van der Waals surface area contributed by atoms with E-state index in [1.807, 2.05) is 24.3 Å². The van der Waals surface area contributed by atoms with Crippen molar-refractivity contribution in [2.75, 3.05) is 19.6 Å². The van der Waals surface area contributed by atoms with E-state index >= 15 is 0 Å². The fourth-order valence-corrected chi connectivity index (χ4v) is 5.30. The Bertz CT molecular complexity index is 935. The minimum Gasteiger partial charge on any atom is -0.355 e. The summed E-state index contributed by atoms with van der Waals surface area (Å²) in [4.78, 5) is 12.8. The van der Waals surface area contributed by atoms with Crippen molar-refractivity contribution in [2.24, 2.45) is 5.92 Å². The van der Waals surface area contributed by atoms with Gasteiger partial charge in [-0.25, -0.2) is 8.42 Å². The predicted octanol–water partition coefficient (Wildman–Crippen LogP) is 3.86. The van der Waals surface area contributed by atoms with E-state index in [1.54, 1.807) is 24.3 Å². The molecule has 1 atom stereocenters. The molecule has 2 aromatic rings. The Hall–Kier alpha value is -1.41. The Morgan fingerprint density at radius 2 is 1.96 bits per heavy atom. The van der Waals surface area contributed by atoms with Crippen LogP contribution in [0.25, 0.3) is 0 Å². The zero-order valence-corrected chi connectivity index (χ0v) is 18.4. The van der Waals surface area contributed by atoms with Crippen molar-refractivity contribution in [3.8, 4) is 0 Å². The third-order valence-electron chi connectivity index (χ3n) is 4.81. The van der Waals surface area contributed by atoms with Gasteiger partial charge in [-0.15, -0.1) is 0 Å². The van der Waals surface area contributed by atoms with Gasteiger partial charge in [0.05, 0.1) is 10.8 Å². The van der Waals surface area contributed by atoms with E-state index in [2.05, 4.69) is 21.2 Å². The zero-order chi connectivity index (χ0) is 20.1. The van der Waals surface area contributed by atoms with E-state index < -0.39 is 10.0 Å². The smallest absolute Gasteiger partial charge is 0.243 e. The van der Waals surface area contributed by atoms with Gasteiger partial charge in [-0.05, 0) is 61.2 Å². The van der Waals surface area contributed by atoms with Crippen molar-refractivity contribution in [1.82, 2.24) is 9.62 Å². The van der Waals surface area contributed by atoms with Crippen molar-refractivity contribution in [1.29, 1.82) is 0 Å². The minimum absolute atomic E-state index is 0.0993. The molecule has 1 fully saturated rings. The molecule has 0 radical (unpaired) electrons. The molecule has 5 nitrogen and oxygen atoms in total. The molecule has 28 heavy (non-hydrogen) atoms. The number of benzene rings is 2. The normalized spacial score (nSPS) is 18.0. The highest BCUT2D eigenvalue weighted by Crippen LogP contribution is 2.25. The number of hydrogen-bond acceptors (Lipinski definition) is 3. The number of halogens is 2. The van der Waals surface area contributed by atoms with Crippen LogP contribution in [0.4, 0.5) is 0 Å². The maximum absolute atomic E-state index is 12.9. The standard InChI is InChI=1S/C20H22BrClN2O3S/c21-17-6-8-19(9-7-17)28(26,27)24-12-2-4-16(14-24)20(25)23-11-10-15-3-1-5-18(22)13-15/h1,3,5-9,13,16H,2,4,10-12,14H2,(H,23,25). The lowest BCUT2D eigenvalue weighted by Gasteiger charge is -2.31. The first-order valence-corrected chi connectivity index (χ1v) is 11.8. The second kappa shape index (κ2) is 9.39. The monoisotopic (exact) mass is 484 g/mol. The highest BCUT2D eigenvalue weighted by Gasteiger charge is 2.33. The molecule has 0 saturated carbocycles. The second-order valence-corrected chi connectivity index (χ2v) is 10.1. The summed E-state index contributed by atoms with van der Waals surface area (Å²) in [7, 11) is -3.60. The summed E-state index contributed by atoms with van der Waals surface area (Å²) in [6.45, 7) is 1.14. The van der Waals surface area contributed by atoms with Gasteiger partial charge < -0.3 is 5.32 Å². The van der Waals surface area contributed by atoms with Gasteiger partial charge in [0.15, 0.2) is 0 Å². The largest absolute Gasteiger partial charge is 0.355 e. The topological polar surface area (TPSA) is 66.5 Å². The lowest BCUT2D eigenvalue weighted by Crippen LogP contribution is -2.45. The van der Waals surface area contributed by atoms with E-state index in [0.29, 0.717) is 37.4 Å². The number of rotatable bonds is 6. The number of piperidine rings is 1. The predicted molar refractivity (Wildman–Crippen MR) is 114 cm³/mol. The van der Waals surface area contributed by atoms with E-state index in [0.717, 1.165) is 10.0 Å². The number of carbonyl (C=O) groups is 1. The summed E-state index contributed by atoms with van der Waals surface area (Å²) in [5.41, 5.74) is 1.05. The van der Waals surface area contributed by atoms with Gasteiger partial charge in [0.25, 0.3) is 0 Å². The molecule has 3 rings (SSSR count). The minimum atomic E-state index is -3.60. The van der Waals surface area contributed by atoms with Crippen LogP contribution in [0.3, 0.4) is 0 Å². The Labute approximate surface area is 179 Å². The molecule has 2 aromatic carbocycles. The molecule has 0 bridgehead atoms. The van der Waals surface area contributed by atoms with E-state index in [4.69, 9.17) is 11.6 Å². The Morgan fingerprint density at radius 3 is 2.68 bits per heavy atom. The number of nitrogens with one attached hydrogen (secondary N) is 1. The van der Waals surface area contributed by atoms with Crippen LogP contribution < -0.4 is 5.32 Å². The van der Waals surface area contributed by atoms with Crippen LogP contribution in [0.5, 0.6) is 0 Å². The number of hydrogen-bond donors (Lipinski definition) is 1. The Kier molecular flexibility index (Phi) is 7.15. The van der Waals surface area contributed by atoms with Crippen molar-refractivity contribution in [2.45, 2.75) is 24.2 Å². The molecule has 1 aliphatic heterocycles. The first-order valence-electron chi connectivity index (χ1n) is 9.14. The quantitative estimate of drug-likeness (QED) is 0.675. The molecule has 1 N–H and O–H groups in total. The summed E-state index contributed by atoms with van der Waals surface area (Å²) in [6.07, 6.45) is 2.04. The molecule has 1 unspecified atom stereocenters. The summed E-state index contributed by atoms with van der Waals surface area (Å²) >= 11 is 9.29. The fourth-order valence-electron chi connectivity index (χ4n) is 3.30. The molecule has 8 heteroatoms. The molecule has 150 valence electrons. The molecular weight excluding hydrogens is 464 g/mol. The van der Waals surface area contributed by atoms with Gasteiger partial charge in [-0.3, -0.25) is 4.79 Å². The average Bonchev–Trinajstić information content (AvgIpc) is 2.68. The summed E-state index contributed by atoms with van der Waals surface area (Å²) < 4.78 is 28.0. The zero-order valence-electron chi connectivity index (χ0n) is 15.3. The summed E-state index contributed by atoms with van der Waals surface area (Å²) in [5, 5.41) is 3.60. The Morgan fingerprint density at radius 1 is 1.21 bits per heavy atom. The fraction of sp³-hybridized carbons (Fsp3) is 0.350.